The van der Waals surface area contributed by atoms with Crippen LogP contribution in [0.4, 0.5) is 0 Å². The van der Waals surface area contributed by atoms with Crippen LogP contribution in [-0.4, -0.2) is 36.0 Å². The third-order valence-corrected chi connectivity index (χ3v) is 4.10. The van der Waals surface area contributed by atoms with E-state index in [1.165, 1.54) is 12.8 Å². The molecule has 1 saturated heterocycles. The predicted octanol–water partition coefficient (Wildman–Crippen LogP) is 3.19. The minimum Gasteiger partial charge on any atom is -0.339 e. The van der Waals surface area contributed by atoms with E-state index in [1.54, 1.807) is 0 Å². The van der Waals surface area contributed by atoms with Crippen LogP contribution in [-0.2, 0) is 4.79 Å². The normalized spacial score (nSPS) is 20.0. The molecule has 0 spiro atoms. The number of carbonyl (C=O) groups is 1. The molecule has 1 N–H and O–H groups in total. The zero-order valence-corrected chi connectivity index (χ0v) is 13.2. The summed E-state index contributed by atoms with van der Waals surface area (Å²) in [5, 5.41) is 3.49. The summed E-state index contributed by atoms with van der Waals surface area (Å²) in [7, 11) is 0. The maximum absolute atomic E-state index is 12.6. The summed E-state index contributed by atoms with van der Waals surface area (Å²) in [5.74, 6) is 0.894. The quantitative estimate of drug-likeness (QED) is 0.769. The van der Waals surface area contributed by atoms with Gasteiger partial charge in [-0.25, -0.2) is 0 Å². The lowest BCUT2D eigenvalue weighted by Gasteiger charge is -2.34. The van der Waals surface area contributed by atoms with E-state index >= 15 is 0 Å². The number of carbonyl (C=O) groups excluding carboxylic acids is 1. The third-order valence-electron chi connectivity index (χ3n) is 4.10. The van der Waals surface area contributed by atoms with Gasteiger partial charge >= 0.3 is 0 Å². The molecule has 1 rings (SSSR count). The number of piperidine rings is 1. The number of nitrogens with zero attached hydrogens (tertiary/aromatic N) is 1. The van der Waals surface area contributed by atoms with E-state index in [2.05, 4.69) is 37.9 Å². The number of amides is 1. The van der Waals surface area contributed by atoms with Crippen molar-refractivity contribution in [2.75, 3.05) is 13.1 Å². The van der Waals surface area contributed by atoms with Crippen LogP contribution in [0.1, 0.15) is 66.2 Å². The molecule has 0 aromatic heterocycles. The molecule has 1 aliphatic rings. The molecule has 19 heavy (non-hydrogen) atoms. The second-order valence-electron chi connectivity index (χ2n) is 6.26. The van der Waals surface area contributed by atoms with Crippen molar-refractivity contribution < 1.29 is 4.79 Å². The highest BCUT2D eigenvalue weighted by Crippen LogP contribution is 2.16. The number of hydrogen-bond donors (Lipinski definition) is 1. The minimum absolute atomic E-state index is 0.349. The average Bonchev–Trinajstić information content (AvgIpc) is 2.39. The van der Waals surface area contributed by atoms with Crippen molar-refractivity contribution in [3.05, 3.63) is 0 Å². The van der Waals surface area contributed by atoms with Gasteiger partial charge in [0, 0.05) is 25.0 Å². The Balaban J connectivity index is 2.58. The summed E-state index contributed by atoms with van der Waals surface area (Å²) in [6.45, 7) is 10.7. The van der Waals surface area contributed by atoms with Crippen LogP contribution in [0.3, 0.4) is 0 Å². The van der Waals surface area contributed by atoms with Crippen LogP contribution in [0, 0.1) is 5.92 Å². The van der Waals surface area contributed by atoms with Crippen molar-refractivity contribution in [3.63, 3.8) is 0 Å². The van der Waals surface area contributed by atoms with E-state index in [0.717, 1.165) is 32.4 Å². The van der Waals surface area contributed by atoms with Crippen LogP contribution in [0.15, 0.2) is 0 Å². The summed E-state index contributed by atoms with van der Waals surface area (Å²) < 4.78 is 0. The van der Waals surface area contributed by atoms with E-state index in [-0.39, 0.29) is 0 Å². The molecule has 0 aromatic rings. The summed E-state index contributed by atoms with van der Waals surface area (Å²) in [5.41, 5.74) is 0. The maximum Gasteiger partial charge on any atom is 0.224 e. The van der Waals surface area contributed by atoms with Gasteiger partial charge in [-0.2, -0.15) is 0 Å². The topological polar surface area (TPSA) is 32.3 Å². The molecule has 0 aromatic carbocycles. The number of nitrogens with one attached hydrogen (secondary N) is 1. The fraction of sp³-hybridized carbons (Fsp3) is 0.938. The van der Waals surface area contributed by atoms with Gasteiger partial charge in [0.05, 0.1) is 0 Å². The van der Waals surface area contributed by atoms with Crippen LogP contribution < -0.4 is 5.32 Å². The molecular weight excluding hydrogens is 236 g/mol. The van der Waals surface area contributed by atoms with E-state index < -0.39 is 0 Å². The van der Waals surface area contributed by atoms with E-state index in [4.69, 9.17) is 0 Å². The fourth-order valence-electron chi connectivity index (χ4n) is 3.00. The third kappa shape index (κ3) is 5.52. The van der Waals surface area contributed by atoms with Gasteiger partial charge < -0.3 is 10.2 Å². The Hall–Kier alpha value is -0.570. The molecule has 112 valence electrons. The lowest BCUT2D eigenvalue weighted by Crippen LogP contribution is -2.45. The zero-order chi connectivity index (χ0) is 14.3. The highest BCUT2D eigenvalue weighted by atomic mass is 16.2. The van der Waals surface area contributed by atoms with Gasteiger partial charge in [0.15, 0.2) is 0 Å². The lowest BCUT2D eigenvalue weighted by atomic mass is 10.00. The predicted molar refractivity (Wildman–Crippen MR) is 81.2 cm³/mol. The van der Waals surface area contributed by atoms with Crippen LogP contribution in [0.2, 0.25) is 0 Å². The highest BCUT2D eigenvalue weighted by Gasteiger charge is 2.25. The largest absolute Gasteiger partial charge is 0.339 e. The fourth-order valence-corrected chi connectivity index (χ4v) is 3.00. The first-order chi connectivity index (χ1) is 9.08. The van der Waals surface area contributed by atoms with Crippen molar-refractivity contribution in [2.24, 2.45) is 5.92 Å². The van der Waals surface area contributed by atoms with Crippen LogP contribution in [0.5, 0.6) is 0 Å². The Kier molecular flexibility index (Phi) is 7.44. The average molecular weight is 268 g/mol. The van der Waals surface area contributed by atoms with Gasteiger partial charge in [0.1, 0.15) is 0 Å². The Labute approximate surface area is 119 Å². The first kappa shape index (κ1) is 16.5. The van der Waals surface area contributed by atoms with Crippen molar-refractivity contribution in [1.29, 1.82) is 0 Å². The molecule has 1 atom stereocenters. The molecule has 1 heterocycles. The van der Waals surface area contributed by atoms with E-state index in [1.807, 2.05) is 0 Å². The Bertz CT molecular complexity index is 255. The van der Waals surface area contributed by atoms with Crippen LogP contribution >= 0.6 is 0 Å². The molecule has 1 unspecified atom stereocenters. The highest BCUT2D eigenvalue weighted by molar-refractivity contribution is 5.77. The second kappa shape index (κ2) is 8.57. The molecule has 1 fully saturated rings. The van der Waals surface area contributed by atoms with Crippen molar-refractivity contribution >= 4 is 5.91 Å². The Morgan fingerprint density at radius 1 is 1.26 bits per heavy atom. The molecule has 3 heteroatoms. The number of rotatable bonds is 7. The SMILES string of the molecule is CCC(CC)N(CC(C)C)C(=O)CC1CCCCN1. The van der Waals surface area contributed by atoms with Gasteiger partial charge in [-0.3, -0.25) is 4.79 Å². The maximum atomic E-state index is 12.6. The Morgan fingerprint density at radius 3 is 2.42 bits per heavy atom. The van der Waals surface area contributed by atoms with Gasteiger partial charge in [-0.15, -0.1) is 0 Å². The lowest BCUT2D eigenvalue weighted by molar-refractivity contribution is -0.135. The second-order valence-corrected chi connectivity index (χ2v) is 6.26. The van der Waals surface area contributed by atoms with Gasteiger partial charge in [0.25, 0.3) is 0 Å². The molecule has 0 aliphatic carbocycles. The standard InChI is InChI=1S/C16H32N2O/c1-5-15(6-2)18(12-13(3)4)16(19)11-14-9-7-8-10-17-14/h13-15,17H,5-12H2,1-4H3. The smallest absolute Gasteiger partial charge is 0.224 e. The molecule has 0 saturated carbocycles. The molecule has 1 aliphatic heterocycles. The molecule has 1 amide bonds. The summed E-state index contributed by atoms with van der Waals surface area (Å²) in [4.78, 5) is 14.7. The monoisotopic (exact) mass is 268 g/mol. The van der Waals surface area contributed by atoms with Crippen molar-refractivity contribution in [1.82, 2.24) is 10.2 Å². The van der Waals surface area contributed by atoms with E-state index in [9.17, 15) is 4.79 Å². The van der Waals surface area contributed by atoms with E-state index in [0.29, 0.717) is 30.3 Å². The number of hydrogen-bond acceptors (Lipinski definition) is 2. The summed E-state index contributed by atoms with van der Waals surface area (Å²) >= 11 is 0. The molecule has 0 bridgehead atoms. The van der Waals surface area contributed by atoms with Gasteiger partial charge in [-0.1, -0.05) is 34.1 Å². The van der Waals surface area contributed by atoms with Gasteiger partial charge in [0.2, 0.25) is 5.91 Å². The van der Waals surface area contributed by atoms with Crippen LogP contribution in [0.25, 0.3) is 0 Å². The Morgan fingerprint density at radius 2 is 1.95 bits per heavy atom. The van der Waals surface area contributed by atoms with Crippen molar-refractivity contribution in [2.45, 2.75) is 78.3 Å². The first-order valence-electron chi connectivity index (χ1n) is 8.11. The summed E-state index contributed by atoms with van der Waals surface area (Å²) in [6.07, 6.45) is 6.49. The summed E-state index contributed by atoms with van der Waals surface area (Å²) in [6, 6.07) is 0.823. The van der Waals surface area contributed by atoms with Gasteiger partial charge in [-0.05, 0) is 38.1 Å². The molecule has 0 radical (unpaired) electrons. The minimum atomic E-state index is 0.349. The molecule has 3 nitrogen and oxygen atoms in total. The first-order valence-corrected chi connectivity index (χ1v) is 8.11. The zero-order valence-electron chi connectivity index (χ0n) is 13.2. The van der Waals surface area contributed by atoms with Crippen molar-refractivity contribution in [3.8, 4) is 0 Å². The molecular formula is C16H32N2O.